The molecule has 27 heavy (non-hydrogen) atoms. The molecule has 0 aromatic carbocycles. The third-order valence-electron chi connectivity index (χ3n) is 4.45. The molecule has 1 aromatic rings. The molecule has 0 N–H and O–H groups in total. The van der Waals surface area contributed by atoms with E-state index in [4.69, 9.17) is 4.74 Å². The van der Waals surface area contributed by atoms with Crippen molar-refractivity contribution in [2.24, 2.45) is 0 Å². The molecule has 1 heterocycles. The Kier molecular flexibility index (Phi) is 15.0. The van der Waals surface area contributed by atoms with Crippen LogP contribution in [0, 0.1) is 0 Å². The number of esters is 1. The number of pyridine rings is 1. The largest absolute Gasteiger partial charge is 0.461 e. The number of aromatic nitrogens is 1. The van der Waals surface area contributed by atoms with Crippen LogP contribution in [0.15, 0.2) is 48.8 Å². The highest BCUT2D eigenvalue weighted by Gasteiger charge is 2.02. The molecule has 3 nitrogen and oxygen atoms in total. The third kappa shape index (κ3) is 14.9. The van der Waals surface area contributed by atoms with Crippen molar-refractivity contribution in [1.29, 1.82) is 0 Å². The molecule has 0 saturated heterocycles. The molecule has 0 amide bonds. The van der Waals surface area contributed by atoms with Crippen molar-refractivity contribution in [3.05, 3.63) is 54.4 Å². The minimum Gasteiger partial charge on any atom is -0.461 e. The van der Waals surface area contributed by atoms with Gasteiger partial charge in [0.2, 0.25) is 0 Å². The molecule has 0 saturated carbocycles. The first-order valence-corrected chi connectivity index (χ1v) is 10.7. The zero-order valence-electron chi connectivity index (χ0n) is 17.1. The predicted octanol–water partition coefficient (Wildman–Crippen LogP) is 6.94. The van der Waals surface area contributed by atoms with E-state index in [1.54, 1.807) is 12.4 Å². The van der Waals surface area contributed by atoms with Crippen molar-refractivity contribution in [3.63, 3.8) is 0 Å². The van der Waals surface area contributed by atoms with Gasteiger partial charge in [-0.1, -0.05) is 69.4 Å². The SMILES string of the molecule is CCCCCCCC/C=C\C/C=C\CCCCC(=O)OCc1cccnc1. The summed E-state index contributed by atoms with van der Waals surface area (Å²) >= 11 is 0. The second kappa shape index (κ2) is 17.5. The van der Waals surface area contributed by atoms with Crippen LogP contribution in [0.2, 0.25) is 0 Å². The van der Waals surface area contributed by atoms with Gasteiger partial charge in [-0.2, -0.15) is 0 Å². The maximum atomic E-state index is 11.7. The zero-order valence-corrected chi connectivity index (χ0v) is 17.1. The smallest absolute Gasteiger partial charge is 0.306 e. The molecule has 0 aliphatic heterocycles. The quantitative estimate of drug-likeness (QED) is 0.179. The number of hydrogen-bond acceptors (Lipinski definition) is 3. The van der Waals surface area contributed by atoms with Crippen molar-refractivity contribution in [2.75, 3.05) is 0 Å². The van der Waals surface area contributed by atoms with Crippen LogP contribution in [0.1, 0.15) is 89.5 Å². The molecule has 1 aromatic heterocycles. The lowest BCUT2D eigenvalue weighted by Crippen LogP contribution is -2.04. The number of carbonyl (C=O) groups is 1. The zero-order chi connectivity index (χ0) is 19.4. The summed E-state index contributed by atoms with van der Waals surface area (Å²) in [5, 5.41) is 0. The summed E-state index contributed by atoms with van der Waals surface area (Å²) in [7, 11) is 0. The Morgan fingerprint density at radius 2 is 1.67 bits per heavy atom. The molecule has 0 unspecified atom stereocenters. The van der Waals surface area contributed by atoms with E-state index in [2.05, 4.69) is 36.2 Å². The summed E-state index contributed by atoms with van der Waals surface area (Å²) in [6.07, 6.45) is 26.3. The van der Waals surface area contributed by atoms with Crippen LogP contribution in [0.25, 0.3) is 0 Å². The molecule has 0 radical (unpaired) electrons. The lowest BCUT2D eigenvalue weighted by molar-refractivity contribution is -0.145. The number of unbranched alkanes of at least 4 members (excludes halogenated alkanes) is 8. The Morgan fingerprint density at radius 3 is 2.37 bits per heavy atom. The Balaban J connectivity index is 1.88. The maximum absolute atomic E-state index is 11.7. The van der Waals surface area contributed by atoms with E-state index in [9.17, 15) is 4.79 Å². The summed E-state index contributed by atoms with van der Waals surface area (Å²) in [4.78, 5) is 15.7. The van der Waals surface area contributed by atoms with Crippen molar-refractivity contribution in [1.82, 2.24) is 4.98 Å². The van der Waals surface area contributed by atoms with Gasteiger partial charge in [-0.25, -0.2) is 0 Å². The first kappa shape index (κ1) is 23.1. The van der Waals surface area contributed by atoms with Crippen LogP contribution >= 0.6 is 0 Å². The molecular weight excluding hydrogens is 334 g/mol. The van der Waals surface area contributed by atoms with Crippen LogP contribution < -0.4 is 0 Å². The fourth-order valence-electron chi connectivity index (χ4n) is 2.80. The molecule has 0 bridgehead atoms. The van der Waals surface area contributed by atoms with Gasteiger partial charge in [0.15, 0.2) is 0 Å². The van der Waals surface area contributed by atoms with E-state index in [0.717, 1.165) is 31.2 Å². The van der Waals surface area contributed by atoms with E-state index in [-0.39, 0.29) is 5.97 Å². The molecule has 0 aliphatic rings. The summed E-state index contributed by atoms with van der Waals surface area (Å²) in [6, 6.07) is 3.76. The molecule has 0 spiro atoms. The number of hydrogen-bond donors (Lipinski definition) is 0. The lowest BCUT2D eigenvalue weighted by atomic mass is 10.1. The second-order valence-electron chi connectivity index (χ2n) is 7.00. The lowest BCUT2D eigenvalue weighted by Gasteiger charge is -2.04. The summed E-state index contributed by atoms with van der Waals surface area (Å²) < 4.78 is 5.24. The van der Waals surface area contributed by atoms with Gasteiger partial charge in [0.25, 0.3) is 0 Å². The number of allylic oxidation sites excluding steroid dienone is 4. The average Bonchev–Trinajstić information content (AvgIpc) is 2.70. The summed E-state index contributed by atoms with van der Waals surface area (Å²) in [5.74, 6) is -0.125. The first-order valence-electron chi connectivity index (χ1n) is 10.7. The minimum atomic E-state index is -0.125. The highest BCUT2D eigenvalue weighted by molar-refractivity contribution is 5.69. The highest BCUT2D eigenvalue weighted by atomic mass is 16.5. The summed E-state index contributed by atoms with van der Waals surface area (Å²) in [5.41, 5.74) is 0.929. The first-order chi connectivity index (χ1) is 13.3. The fourth-order valence-corrected chi connectivity index (χ4v) is 2.80. The van der Waals surface area contributed by atoms with Gasteiger partial charge in [0.05, 0.1) is 0 Å². The predicted molar refractivity (Wildman–Crippen MR) is 113 cm³/mol. The van der Waals surface area contributed by atoms with Gasteiger partial charge in [-0.15, -0.1) is 0 Å². The number of carbonyl (C=O) groups excluding carboxylic acids is 1. The maximum Gasteiger partial charge on any atom is 0.306 e. The van der Waals surface area contributed by atoms with Crippen LogP contribution in [0.5, 0.6) is 0 Å². The van der Waals surface area contributed by atoms with E-state index < -0.39 is 0 Å². The van der Waals surface area contributed by atoms with Gasteiger partial charge in [0, 0.05) is 24.4 Å². The van der Waals surface area contributed by atoms with Crippen molar-refractivity contribution in [2.45, 2.75) is 90.6 Å². The molecule has 0 atom stereocenters. The minimum absolute atomic E-state index is 0.125. The van der Waals surface area contributed by atoms with E-state index in [1.165, 1.54) is 44.9 Å². The number of rotatable bonds is 16. The van der Waals surface area contributed by atoms with Crippen LogP contribution in [0.3, 0.4) is 0 Å². The van der Waals surface area contributed by atoms with Gasteiger partial charge in [-0.05, 0) is 44.6 Å². The van der Waals surface area contributed by atoms with Gasteiger partial charge in [0.1, 0.15) is 6.61 Å². The number of ether oxygens (including phenoxy) is 1. The Bertz CT molecular complexity index is 522. The Hall–Kier alpha value is -1.90. The van der Waals surface area contributed by atoms with Crippen LogP contribution in [-0.4, -0.2) is 11.0 Å². The van der Waals surface area contributed by atoms with Gasteiger partial charge >= 0.3 is 5.97 Å². The van der Waals surface area contributed by atoms with Crippen LogP contribution in [-0.2, 0) is 16.1 Å². The standard InChI is InChI=1S/C24H37NO2/c1-2-3-4-5-6-7-8-9-10-11-12-13-14-15-16-19-24(26)27-22-23-18-17-20-25-21-23/h9-10,12-13,17-18,20-21H,2-8,11,14-16,19,22H2,1H3/b10-9-,13-12-. The van der Waals surface area contributed by atoms with E-state index in [1.807, 2.05) is 12.1 Å². The molecule has 150 valence electrons. The molecule has 1 rings (SSSR count). The highest BCUT2D eigenvalue weighted by Crippen LogP contribution is 2.08. The summed E-state index contributed by atoms with van der Waals surface area (Å²) in [6.45, 7) is 2.58. The monoisotopic (exact) mass is 371 g/mol. The van der Waals surface area contributed by atoms with E-state index in [0.29, 0.717) is 13.0 Å². The number of nitrogens with zero attached hydrogens (tertiary/aromatic N) is 1. The Morgan fingerprint density at radius 1 is 0.963 bits per heavy atom. The molecular formula is C24H37NO2. The normalized spacial score (nSPS) is 11.4. The fraction of sp³-hybridized carbons (Fsp3) is 0.583. The van der Waals surface area contributed by atoms with Gasteiger partial charge in [-0.3, -0.25) is 9.78 Å². The molecule has 0 aliphatic carbocycles. The van der Waals surface area contributed by atoms with E-state index >= 15 is 0 Å². The molecule has 3 heteroatoms. The topological polar surface area (TPSA) is 39.2 Å². The second-order valence-corrected chi connectivity index (χ2v) is 7.00. The average molecular weight is 372 g/mol. The van der Waals surface area contributed by atoms with Crippen LogP contribution in [0.4, 0.5) is 0 Å². The molecule has 0 fully saturated rings. The van der Waals surface area contributed by atoms with Crippen molar-refractivity contribution < 1.29 is 9.53 Å². The third-order valence-corrected chi connectivity index (χ3v) is 4.45. The Labute approximate surface area is 165 Å². The van der Waals surface area contributed by atoms with Crippen molar-refractivity contribution in [3.8, 4) is 0 Å². The van der Waals surface area contributed by atoms with Crippen molar-refractivity contribution >= 4 is 5.97 Å². The van der Waals surface area contributed by atoms with Gasteiger partial charge < -0.3 is 4.74 Å².